The first-order valence-electron chi connectivity index (χ1n) is 6.52. The molecule has 1 aliphatic rings. The molecule has 4 nitrogen and oxygen atoms in total. The molecule has 1 fully saturated rings. The molecule has 0 aliphatic carbocycles. The van der Waals surface area contributed by atoms with Crippen LogP contribution in [0.25, 0.3) is 17.0 Å². The number of para-hydroxylation sites is 1. The molecule has 106 valence electrons. The van der Waals surface area contributed by atoms with Gasteiger partial charge in [0.2, 0.25) is 0 Å². The molecule has 1 saturated heterocycles. The topological polar surface area (TPSA) is 42.3 Å². The van der Waals surface area contributed by atoms with Crippen LogP contribution in [0.5, 0.6) is 0 Å². The van der Waals surface area contributed by atoms with E-state index < -0.39 is 0 Å². The number of thioether (sulfide) groups is 1. The molecule has 21 heavy (non-hydrogen) atoms. The normalized spacial score (nSPS) is 17.2. The molecule has 2 heterocycles. The van der Waals surface area contributed by atoms with Crippen LogP contribution in [0, 0.1) is 0 Å². The average Bonchev–Trinajstić information content (AvgIpc) is 2.93. The van der Waals surface area contributed by atoms with Crippen LogP contribution in [-0.2, 0) is 11.8 Å². The highest BCUT2D eigenvalue weighted by molar-refractivity contribution is 8.18. The molecule has 2 aromatic rings. The summed E-state index contributed by atoms with van der Waals surface area (Å²) in [7, 11) is 1.96. The molecule has 2 amide bonds. The van der Waals surface area contributed by atoms with E-state index in [1.165, 1.54) is 4.90 Å². The highest BCUT2D eigenvalue weighted by atomic mass is 32.2. The highest BCUT2D eigenvalue weighted by Crippen LogP contribution is 2.33. The summed E-state index contributed by atoms with van der Waals surface area (Å²) in [5.41, 5.74) is 2.03. The predicted molar refractivity (Wildman–Crippen MR) is 85.8 cm³/mol. The molecule has 0 radical (unpaired) electrons. The summed E-state index contributed by atoms with van der Waals surface area (Å²) in [6.07, 6.45) is 5.31. The quantitative estimate of drug-likeness (QED) is 0.644. The van der Waals surface area contributed by atoms with E-state index in [4.69, 9.17) is 0 Å². The fraction of sp³-hybridized carbons (Fsp3) is 0.125. The number of hydrogen-bond acceptors (Lipinski definition) is 3. The van der Waals surface area contributed by atoms with Crippen molar-refractivity contribution in [1.82, 2.24) is 9.47 Å². The molecule has 0 unspecified atom stereocenters. The minimum atomic E-state index is -0.252. The molecule has 0 bridgehead atoms. The van der Waals surface area contributed by atoms with Gasteiger partial charge in [0.1, 0.15) is 0 Å². The van der Waals surface area contributed by atoms with Gasteiger partial charge in [0.05, 0.1) is 4.91 Å². The van der Waals surface area contributed by atoms with Gasteiger partial charge in [-0.2, -0.15) is 0 Å². The van der Waals surface area contributed by atoms with Gasteiger partial charge < -0.3 is 4.57 Å². The summed E-state index contributed by atoms with van der Waals surface area (Å²) in [6, 6.07) is 7.97. The van der Waals surface area contributed by atoms with Crippen molar-refractivity contribution < 1.29 is 9.59 Å². The van der Waals surface area contributed by atoms with Gasteiger partial charge in [-0.15, -0.1) is 6.58 Å². The molecule has 3 rings (SSSR count). The first-order valence-corrected chi connectivity index (χ1v) is 7.34. The van der Waals surface area contributed by atoms with Gasteiger partial charge in [-0.05, 0) is 23.9 Å². The highest BCUT2D eigenvalue weighted by Gasteiger charge is 2.34. The summed E-state index contributed by atoms with van der Waals surface area (Å²) in [4.78, 5) is 25.7. The van der Waals surface area contributed by atoms with Crippen LogP contribution in [0.1, 0.15) is 5.56 Å². The van der Waals surface area contributed by atoms with Crippen LogP contribution in [0.15, 0.2) is 48.0 Å². The number of fused-ring (bicyclic) bond motifs is 1. The fourth-order valence-corrected chi connectivity index (χ4v) is 3.25. The van der Waals surface area contributed by atoms with Crippen molar-refractivity contribution in [2.24, 2.45) is 7.05 Å². The zero-order valence-corrected chi connectivity index (χ0v) is 12.4. The molecule has 1 aromatic carbocycles. The number of amides is 2. The lowest BCUT2D eigenvalue weighted by molar-refractivity contribution is -0.122. The SMILES string of the molecule is C=CCN1C(=O)SC(=Cc2cn(C)c3ccccc23)C1=O. The Bertz CT molecular complexity index is 789. The number of aryl methyl sites for hydroxylation is 1. The van der Waals surface area contributed by atoms with E-state index in [0.29, 0.717) is 4.91 Å². The Hall–Kier alpha value is -2.27. The molecule has 1 aromatic heterocycles. The lowest BCUT2D eigenvalue weighted by atomic mass is 10.1. The van der Waals surface area contributed by atoms with E-state index in [1.54, 1.807) is 12.2 Å². The summed E-state index contributed by atoms with van der Waals surface area (Å²) in [5, 5.41) is 0.821. The van der Waals surface area contributed by atoms with Gasteiger partial charge in [-0.1, -0.05) is 24.3 Å². The van der Waals surface area contributed by atoms with E-state index in [-0.39, 0.29) is 17.7 Å². The number of nitrogens with zero attached hydrogens (tertiary/aromatic N) is 2. The van der Waals surface area contributed by atoms with Crippen molar-refractivity contribution in [2.75, 3.05) is 6.54 Å². The first-order chi connectivity index (χ1) is 10.1. The van der Waals surface area contributed by atoms with Crippen LogP contribution in [-0.4, -0.2) is 27.2 Å². The summed E-state index contributed by atoms with van der Waals surface area (Å²) < 4.78 is 2.01. The average molecular weight is 298 g/mol. The Morgan fingerprint density at radius 2 is 2.05 bits per heavy atom. The first kappa shape index (κ1) is 13.7. The molecule has 0 spiro atoms. The molecular weight excluding hydrogens is 284 g/mol. The van der Waals surface area contributed by atoms with E-state index in [2.05, 4.69) is 6.58 Å². The molecular formula is C16H14N2O2S. The number of aromatic nitrogens is 1. The Labute approximate surface area is 126 Å². The van der Waals surface area contributed by atoms with E-state index in [9.17, 15) is 9.59 Å². The minimum Gasteiger partial charge on any atom is -0.350 e. The molecule has 5 heteroatoms. The monoisotopic (exact) mass is 298 g/mol. The van der Waals surface area contributed by atoms with Crippen molar-refractivity contribution >= 4 is 39.9 Å². The lowest BCUT2D eigenvalue weighted by Gasteiger charge is -2.07. The standard InChI is InChI=1S/C16H14N2O2S/c1-3-8-18-15(19)14(21-16(18)20)9-11-10-17(2)13-7-5-4-6-12(11)13/h3-7,9-10H,1,8H2,2H3. The zero-order valence-electron chi connectivity index (χ0n) is 11.6. The summed E-state index contributed by atoms with van der Waals surface area (Å²) in [5.74, 6) is -0.252. The van der Waals surface area contributed by atoms with Gasteiger partial charge >= 0.3 is 0 Å². The molecule has 1 aliphatic heterocycles. The second-order valence-corrected chi connectivity index (χ2v) is 5.79. The smallest absolute Gasteiger partial charge is 0.293 e. The fourth-order valence-electron chi connectivity index (χ4n) is 2.42. The molecule has 0 atom stereocenters. The van der Waals surface area contributed by atoms with Crippen molar-refractivity contribution in [3.63, 3.8) is 0 Å². The van der Waals surface area contributed by atoms with Gasteiger partial charge in [0.15, 0.2) is 0 Å². The van der Waals surface area contributed by atoms with Crippen LogP contribution >= 0.6 is 11.8 Å². The van der Waals surface area contributed by atoms with Crippen LogP contribution in [0.3, 0.4) is 0 Å². The second-order valence-electron chi connectivity index (χ2n) is 4.79. The maximum atomic E-state index is 12.2. The van der Waals surface area contributed by atoms with Crippen LogP contribution < -0.4 is 0 Å². The third kappa shape index (κ3) is 2.29. The van der Waals surface area contributed by atoms with Gasteiger partial charge in [-0.25, -0.2) is 0 Å². The Kier molecular flexibility index (Phi) is 3.43. The van der Waals surface area contributed by atoms with Crippen LogP contribution in [0.4, 0.5) is 4.79 Å². The third-order valence-corrected chi connectivity index (χ3v) is 4.31. The van der Waals surface area contributed by atoms with E-state index in [0.717, 1.165) is 28.2 Å². The number of carbonyl (C=O) groups is 2. The van der Waals surface area contributed by atoms with E-state index >= 15 is 0 Å². The summed E-state index contributed by atoms with van der Waals surface area (Å²) in [6.45, 7) is 3.82. The van der Waals surface area contributed by atoms with Crippen molar-refractivity contribution in [3.8, 4) is 0 Å². The van der Waals surface area contributed by atoms with Gasteiger partial charge in [0.25, 0.3) is 11.1 Å². The van der Waals surface area contributed by atoms with Crippen molar-refractivity contribution in [3.05, 3.63) is 53.6 Å². The number of carbonyl (C=O) groups excluding carboxylic acids is 2. The largest absolute Gasteiger partial charge is 0.350 e. The Morgan fingerprint density at radius 3 is 2.81 bits per heavy atom. The van der Waals surface area contributed by atoms with Crippen molar-refractivity contribution in [1.29, 1.82) is 0 Å². The maximum Gasteiger partial charge on any atom is 0.293 e. The lowest BCUT2D eigenvalue weighted by Crippen LogP contribution is -2.27. The minimum absolute atomic E-state index is 0.244. The number of hydrogen-bond donors (Lipinski definition) is 0. The van der Waals surface area contributed by atoms with Gasteiger partial charge in [-0.3, -0.25) is 14.5 Å². The Morgan fingerprint density at radius 1 is 1.29 bits per heavy atom. The predicted octanol–water partition coefficient (Wildman–Crippen LogP) is 3.40. The van der Waals surface area contributed by atoms with E-state index in [1.807, 2.05) is 42.1 Å². The number of benzene rings is 1. The van der Waals surface area contributed by atoms with Crippen molar-refractivity contribution in [2.45, 2.75) is 0 Å². The second kappa shape index (κ2) is 5.26. The Balaban J connectivity index is 2.03. The zero-order chi connectivity index (χ0) is 15.0. The summed E-state index contributed by atoms with van der Waals surface area (Å²) >= 11 is 0.976. The number of rotatable bonds is 3. The molecule has 0 N–H and O–H groups in total. The van der Waals surface area contributed by atoms with Crippen LogP contribution in [0.2, 0.25) is 0 Å². The number of imide groups is 1. The third-order valence-electron chi connectivity index (χ3n) is 3.40. The van der Waals surface area contributed by atoms with Gasteiger partial charge in [0, 0.05) is 36.3 Å². The molecule has 0 saturated carbocycles. The maximum absolute atomic E-state index is 12.2.